The Hall–Kier alpha value is -0.800. The molecule has 0 amide bonds. The fourth-order valence-electron chi connectivity index (χ4n) is 9.57. The minimum Gasteiger partial charge on any atom is -0.298 e. The summed E-state index contributed by atoms with van der Waals surface area (Å²) in [6.45, 7) is 48.6. The summed E-state index contributed by atoms with van der Waals surface area (Å²) in [4.78, 5) is 13.6. The van der Waals surface area contributed by atoms with Crippen molar-refractivity contribution in [1.29, 1.82) is 0 Å². The van der Waals surface area contributed by atoms with E-state index in [1.807, 2.05) is 46.4 Å². The Morgan fingerprint density at radius 3 is 0.855 bits per heavy atom. The maximum atomic E-state index is 12.9. The highest BCUT2D eigenvalue weighted by atomic mass is 19.4. The van der Waals surface area contributed by atoms with Gasteiger partial charge < -0.3 is 0 Å². The SMILES string of the molecule is CC(C)(C)N1CCC(C(F)(F)F)CC1.CC(C)(C)N1CCC(F)(F)CC1.CC(C)(C)N1CCC(F)CC1.CC(C)(C)N1CCCC(F)(F)C1.CC(C)(C)N1CCCCC1.CC(C)(C)N1CCCCC1. The van der Waals surface area contributed by atoms with Gasteiger partial charge in [-0.25, -0.2) is 22.0 Å². The van der Waals surface area contributed by atoms with E-state index in [-0.39, 0.29) is 60.8 Å². The first-order valence-corrected chi connectivity index (χ1v) is 27.0. The molecule has 0 atom stereocenters. The molecule has 0 aromatic heterocycles. The number of hydrogen-bond acceptors (Lipinski definition) is 6. The van der Waals surface area contributed by atoms with E-state index in [0.717, 1.165) is 32.5 Å². The van der Waals surface area contributed by atoms with Crippen LogP contribution in [-0.2, 0) is 0 Å². The molecule has 0 aliphatic carbocycles. The zero-order valence-corrected chi connectivity index (χ0v) is 47.7. The van der Waals surface area contributed by atoms with Gasteiger partial charge in [0.2, 0.25) is 0 Å². The molecule has 14 heteroatoms. The first-order valence-electron chi connectivity index (χ1n) is 27.0. The van der Waals surface area contributed by atoms with Crippen molar-refractivity contribution in [1.82, 2.24) is 29.4 Å². The molecule has 0 spiro atoms. The van der Waals surface area contributed by atoms with E-state index >= 15 is 0 Å². The lowest BCUT2D eigenvalue weighted by atomic mass is 9.93. The van der Waals surface area contributed by atoms with Crippen LogP contribution in [0.1, 0.15) is 215 Å². The molecule has 0 aromatic carbocycles. The van der Waals surface area contributed by atoms with E-state index in [1.165, 1.54) is 64.7 Å². The highest BCUT2D eigenvalue weighted by Gasteiger charge is 2.43. The predicted molar refractivity (Wildman–Crippen MR) is 277 cm³/mol. The maximum Gasteiger partial charge on any atom is 0.391 e. The monoisotopic (exact) mass is 1000 g/mol. The summed E-state index contributed by atoms with van der Waals surface area (Å²) in [7, 11) is 0. The molecule has 0 N–H and O–H groups in total. The Balaban J connectivity index is 0.000000415. The summed E-state index contributed by atoms with van der Waals surface area (Å²) in [5.41, 5.74) is 0.942. The first-order chi connectivity index (χ1) is 31.0. The van der Waals surface area contributed by atoms with E-state index in [1.54, 1.807) is 0 Å². The summed E-state index contributed by atoms with van der Waals surface area (Å²) in [6, 6.07) is 0. The number of nitrogens with zero attached hydrogens (tertiary/aromatic N) is 6. The lowest BCUT2D eigenvalue weighted by Gasteiger charge is -2.41. The lowest BCUT2D eigenvalue weighted by molar-refractivity contribution is -0.187. The van der Waals surface area contributed by atoms with Crippen molar-refractivity contribution in [2.24, 2.45) is 5.92 Å². The number of piperidine rings is 6. The number of alkyl halides is 8. The van der Waals surface area contributed by atoms with Gasteiger partial charge in [-0.3, -0.25) is 29.4 Å². The van der Waals surface area contributed by atoms with Crippen molar-refractivity contribution in [3.8, 4) is 0 Å². The molecule has 6 aliphatic heterocycles. The highest BCUT2D eigenvalue weighted by molar-refractivity contribution is 4.88. The van der Waals surface area contributed by atoms with Crippen LogP contribution in [0.15, 0.2) is 0 Å². The normalized spacial score (nSPS) is 24.1. The van der Waals surface area contributed by atoms with Gasteiger partial charge in [0.1, 0.15) is 6.17 Å². The molecule has 6 aliphatic rings. The van der Waals surface area contributed by atoms with Gasteiger partial charge in [-0.2, -0.15) is 13.2 Å². The van der Waals surface area contributed by atoms with Crippen LogP contribution in [0, 0.1) is 5.92 Å². The molecule has 6 nitrogen and oxygen atoms in total. The van der Waals surface area contributed by atoms with Crippen molar-refractivity contribution in [3.63, 3.8) is 0 Å². The predicted octanol–water partition coefficient (Wildman–Crippen LogP) is 14.9. The molecular formula is C55H108F8N6. The Kier molecular flexibility index (Phi) is 26.5. The van der Waals surface area contributed by atoms with E-state index in [2.05, 4.69) is 108 Å². The van der Waals surface area contributed by atoms with Crippen LogP contribution < -0.4 is 0 Å². The van der Waals surface area contributed by atoms with E-state index < -0.39 is 30.1 Å². The quantitative estimate of drug-likeness (QED) is 0.224. The summed E-state index contributed by atoms with van der Waals surface area (Å²) in [6.07, 6.45) is 6.58. The second-order valence-corrected chi connectivity index (χ2v) is 26.8. The Bertz CT molecular complexity index is 1290. The third kappa shape index (κ3) is 27.9. The van der Waals surface area contributed by atoms with E-state index in [4.69, 9.17) is 0 Å². The summed E-state index contributed by atoms with van der Waals surface area (Å²) in [5.74, 6) is -5.96. The number of rotatable bonds is 0. The molecule has 6 heterocycles. The van der Waals surface area contributed by atoms with Crippen LogP contribution in [-0.4, -0.2) is 165 Å². The Morgan fingerprint density at radius 2 is 0.594 bits per heavy atom. The van der Waals surface area contributed by atoms with Crippen molar-refractivity contribution >= 4 is 0 Å². The van der Waals surface area contributed by atoms with Crippen LogP contribution in [0.2, 0.25) is 0 Å². The van der Waals surface area contributed by atoms with Gasteiger partial charge in [0, 0.05) is 78.7 Å². The molecule has 0 saturated carbocycles. The smallest absolute Gasteiger partial charge is 0.298 e. The standard InChI is InChI=1S/C10H18F3N.2C9H17F2N.C9H18FN.2C9H19N/c1-9(2,3)14-6-4-8(5-7-14)10(11,12)13;1-8(2,3)12-6-4-9(10,11)5-7-12;1-8(2,3)12-6-4-5-9(10,11)7-12;1-9(2,3)11-6-4-8(10)5-7-11;2*1-9(2,3)10-7-5-4-6-8-10/h8H,4-7H2,1-3H3;2*4-7H2,1-3H3;8H,4-7H2,1-3H3;2*4-8H2,1-3H3. The topological polar surface area (TPSA) is 19.4 Å². The van der Waals surface area contributed by atoms with Crippen LogP contribution >= 0.6 is 0 Å². The highest BCUT2D eigenvalue weighted by Crippen LogP contribution is 2.36. The lowest BCUT2D eigenvalue weighted by Crippen LogP contribution is -2.51. The molecule has 0 bridgehead atoms. The van der Waals surface area contributed by atoms with Gasteiger partial charge in [-0.05, 0) is 228 Å². The van der Waals surface area contributed by atoms with E-state index in [0.29, 0.717) is 43.7 Å². The molecule has 0 unspecified atom stereocenters. The zero-order chi connectivity index (χ0) is 53.5. The molecule has 414 valence electrons. The Labute approximate surface area is 419 Å². The molecule has 6 fully saturated rings. The molecule has 69 heavy (non-hydrogen) atoms. The van der Waals surface area contributed by atoms with Crippen molar-refractivity contribution in [2.45, 2.75) is 272 Å². The summed E-state index contributed by atoms with van der Waals surface area (Å²) < 4.78 is 101. The second-order valence-electron chi connectivity index (χ2n) is 26.8. The van der Waals surface area contributed by atoms with Crippen molar-refractivity contribution < 1.29 is 35.1 Å². The largest absolute Gasteiger partial charge is 0.391 e. The minimum atomic E-state index is -4.00. The maximum absolute atomic E-state index is 12.9. The van der Waals surface area contributed by atoms with E-state index in [9.17, 15) is 35.1 Å². The second kappa shape index (κ2) is 27.7. The third-order valence-corrected chi connectivity index (χ3v) is 14.7. The molecular weight excluding hydrogens is 897 g/mol. The summed E-state index contributed by atoms with van der Waals surface area (Å²) >= 11 is 0. The molecule has 0 aromatic rings. The number of hydrogen-bond donors (Lipinski definition) is 0. The van der Waals surface area contributed by atoms with Crippen molar-refractivity contribution in [2.75, 3.05) is 78.5 Å². The number of halogens is 8. The van der Waals surface area contributed by atoms with Crippen LogP contribution in [0.5, 0.6) is 0 Å². The fraction of sp³-hybridized carbons (Fsp3) is 1.00. The van der Waals surface area contributed by atoms with Gasteiger partial charge in [0.05, 0.1) is 12.5 Å². The van der Waals surface area contributed by atoms with Crippen molar-refractivity contribution in [3.05, 3.63) is 0 Å². The molecule has 6 saturated heterocycles. The molecule has 0 radical (unpaired) electrons. The van der Waals surface area contributed by atoms with Crippen LogP contribution in [0.25, 0.3) is 0 Å². The van der Waals surface area contributed by atoms with Crippen LogP contribution in [0.3, 0.4) is 0 Å². The van der Waals surface area contributed by atoms with Gasteiger partial charge in [-0.15, -0.1) is 0 Å². The Morgan fingerprint density at radius 1 is 0.319 bits per heavy atom. The fourth-order valence-corrected chi connectivity index (χ4v) is 9.57. The van der Waals surface area contributed by atoms with Crippen LogP contribution in [0.4, 0.5) is 35.1 Å². The third-order valence-electron chi connectivity index (χ3n) is 14.7. The zero-order valence-electron chi connectivity index (χ0n) is 47.7. The number of likely N-dealkylation sites (tertiary alicyclic amines) is 6. The average molecular weight is 1010 g/mol. The molecule has 6 rings (SSSR count). The summed E-state index contributed by atoms with van der Waals surface area (Å²) in [5, 5.41) is 0. The van der Waals surface area contributed by atoms with Gasteiger partial charge in [0.15, 0.2) is 0 Å². The van der Waals surface area contributed by atoms with Gasteiger partial charge >= 0.3 is 6.18 Å². The average Bonchev–Trinajstić information content (AvgIpc) is 3.20. The minimum absolute atomic E-state index is 0.00340. The van der Waals surface area contributed by atoms with Gasteiger partial charge in [0.25, 0.3) is 11.8 Å². The first kappa shape index (κ1) is 66.2. The van der Waals surface area contributed by atoms with Gasteiger partial charge in [-0.1, -0.05) is 12.8 Å².